The van der Waals surface area contributed by atoms with Crippen LogP contribution in [-0.2, 0) is 18.4 Å². The van der Waals surface area contributed by atoms with Crippen molar-refractivity contribution in [3.63, 3.8) is 0 Å². The first kappa shape index (κ1) is 10.4. The van der Waals surface area contributed by atoms with Gasteiger partial charge in [-0.15, -0.1) is 0 Å². The predicted molar refractivity (Wildman–Crippen MR) is 67.6 cm³/mol. The van der Waals surface area contributed by atoms with Gasteiger partial charge in [-0.3, -0.25) is 4.79 Å². The molecule has 17 heavy (non-hydrogen) atoms. The van der Waals surface area contributed by atoms with Gasteiger partial charge in [-0.2, -0.15) is 0 Å². The fraction of sp³-hybridized carbons (Fsp3) is 0.357. The molecule has 0 spiro atoms. The Labute approximate surface area is 101 Å². The lowest BCUT2D eigenvalue weighted by Gasteiger charge is -2.15. The van der Waals surface area contributed by atoms with Crippen molar-refractivity contribution in [2.45, 2.75) is 19.4 Å². The first-order valence-electron chi connectivity index (χ1n) is 6.07. The smallest absolute Gasteiger partial charge is 0.222 e. The number of benzene rings is 1. The molecule has 1 aromatic carbocycles. The SMILES string of the molecule is Cn1c(CN2CCCC2=O)cc2ccccc21. The lowest BCUT2D eigenvalue weighted by molar-refractivity contribution is -0.128. The van der Waals surface area contributed by atoms with Crippen LogP contribution >= 0.6 is 0 Å². The molecule has 2 heterocycles. The van der Waals surface area contributed by atoms with Gasteiger partial charge in [-0.1, -0.05) is 18.2 Å². The Morgan fingerprint density at radius 3 is 2.82 bits per heavy atom. The summed E-state index contributed by atoms with van der Waals surface area (Å²) in [4.78, 5) is 13.6. The Bertz CT molecular complexity index is 571. The molecule has 0 radical (unpaired) electrons. The normalized spacial score (nSPS) is 16.1. The second-order valence-corrected chi connectivity index (χ2v) is 4.67. The summed E-state index contributed by atoms with van der Waals surface area (Å²) in [5.74, 6) is 0.287. The maximum absolute atomic E-state index is 11.6. The van der Waals surface area contributed by atoms with E-state index in [9.17, 15) is 4.79 Å². The molecule has 3 nitrogen and oxygen atoms in total. The van der Waals surface area contributed by atoms with E-state index in [1.807, 2.05) is 17.0 Å². The van der Waals surface area contributed by atoms with E-state index in [-0.39, 0.29) is 5.91 Å². The van der Waals surface area contributed by atoms with Crippen LogP contribution in [0.15, 0.2) is 30.3 Å². The Balaban J connectivity index is 1.95. The number of fused-ring (bicyclic) bond motifs is 1. The van der Waals surface area contributed by atoms with Crippen molar-refractivity contribution in [3.05, 3.63) is 36.0 Å². The molecule has 1 amide bonds. The van der Waals surface area contributed by atoms with Crippen LogP contribution in [0.1, 0.15) is 18.5 Å². The summed E-state index contributed by atoms with van der Waals surface area (Å²) in [5.41, 5.74) is 2.44. The molecule has 3 heteroatoms. The minimum Gasteiger partial charge on any atom is -0.346 e. The second kappa shape index (κ2) is 3.91. The molecule has 1 fully saturated rings. The minimum absolute atomic E-state index is 0.287. The summed E-state index contributed by atoms with van der Waals surface area (Å²) in [6.45, 7) is 1.64. The Morgan fingerprint density at radius 2 is 2.12 bits per heavy atom. The number of rotatable bonds is 2. The van der Waals surface area contributed by atoms with Gasteiger partial charge in [0.1, 0.15) is 0 Å². The third kappa shape index (κ3) is 1.71. The molecule has 0 bridgehead atoms. The summed E-state index contributed by atoms with van der Waals surface area (Å²) < 4.78 is 2.18. The summed E-state index contributed by atoms with van der Waals surface area (Å²) in [6, 6.07) is 10.5. The minimum atomic E-state index is 0.287. The number of amides is 1. The number of aryl methyl sites for hydroxylation is 1. The zero-order valence-electron chi connectivity index (χ0n) is 10.0. The fourth-order valence-corrected chi connectivity index (χ4v) is 2.56. The van der Waals surface area contributed by atoms with Crippen LogP contribution in [0.3, 0.4) is 0 Å². The van der Waals surface area contributed by atoms with Crippen molar-refractivity contribution in [3.8, 4) is 0 Å². The number of aromatic nitrogens is 1. The molecule has 0 aliphatic carbocycles. The van der Waals surface area contributed by atoms with E-state index in [0.717, 1.165) is 19.5 Å². The first-order valence-corrected chi connectivity index (χ1v) is 6.07. The van der Waals surface area contributed by atoms with Crippen LogP contribution in [0.4, 0.5) is 0 Å². The van der Waals surface area contributed by atoms with E-state index < -0.39 is 0 Å². The summed E-state index contributed by atoms with van der Waals surface area (Å²) in [7, 11) is 2.07. The number of hydrogen-bond donors (Lipinski definition) is 0. The highest BCUT2D eigenvalue weighted by Gasteiger charge is 2.21. The van der Waals surface area contributed by atoms with Gasteiger partial charge in [0.05, 0.1) is 6.54 Å². The molecular weight excluding hydrogens is 212 g/mol. The monoisotopic (exact) mass is 228 g/mol. The van der Waals surface area contributed by atoms with Gasteiger partial charge in [-0.05, 0) is 23.9 Å². The predicted octanol–water partition coefficient (Wildman–Crippen LogP) is 2.30. The molecule has 0 N–H and O–H groups in total. The van der Waals surface area contributed by atoms with Gasteiger partial charge in [0.15, 0.2) is 0 Å². The van der Waals surface area contributed by atoms with Crippen LogP contribution in [0, 0.1) is 0 Å². The molecule has 1 aliphatic rings. The molecule has 1 saturated heterocycles. The number of hydrogen-bond acceptors (Lipinski definition) is 1. The van der Waals surface area contributed by atoms with Crippen LogP contribution < -0.4 is 0 Å². The van der Waals surface area contributed by atoms with E-state index >= 15 is 0 Å². The molecule has 1 aromatic heterocycles. The van der Waals surface area contributed by atoms with Crippen LogP contribution in [0.5, 0.6) is 0 Å². The van der Waals surface area contributed by atoms with Gasteiger partial charge in [-0.25, -0.2) is 0 Å². The number of carbonyl (C=O) groups excluding carboxylic acids is 1. The molecule has 0 saturated carbocycles. The van der Waals surface area contributed by atoms with Crippen molar-refractivity contribution in [1.29, 1.82) is 0 Å². The lowest BCUT2D eigenvalue weighted by Crippen LogP contribution is -2.24. The van der Waals surface area contributed by atoms with Crippen molar-refractivity contribution in [1.82, 2.24) is 9.47 Å². The zero-order valence-corrected chi connectivity index (χ0v) is 10.0. The molecular formula is C14H16N2O. The van der Waals surface area contributed by atoms with Gasteiger partial charge in [0.25, 0.3) is 0 Å². The fourth-order valence-electron chi connectivity index (χ4n) is 2.56. The van der Waals surface area contributed by atoms with Crippen LogP contribution in [0.2, 0.25) is 0 Å². The molecule has 0 atom stereocenters. The zero-order chi connectivity index (χ0) is 11.8. The average Bonchev–Trinajstić information content (AvgIpc) is 2.87. The molecule has 3 rings (SSSR count). The lowest BCUT2D eigenvalue weighted by atomic mass is 10.2. The number of para-hydroxylation sites is 1. The molecule has 88 valence electrons. The third-order valence-corrected chi connectivity index (χ3v) is 3.58. The molecule has 0 unspecified atom stereocenters. The van der Waals surface area contributed by atoms with Gasteiger partial charge in [0, 0.05) is 31.2 Å². The van der Waals surface area contributed by atoms with Crippen molar-refractivity contribution >= 4 is 16.8 Å². The van der Waals surface area contributed by atoms with E-state index in [4.69, 9.17) is 0 Å². The quantitative estimate of drug-likeness (QED) is 0.774. The third-order valence-electron chi connectivity index (χ3n) is 3.58. The Morgan fingerprint density at radius 1 is 1.29 bits per heavy atom. The number of likely N-dealkylation sites (tertiary alicyclic amines) is 1. The van der Waals surface area contributed by atoms with Crippen LogP contribution in [-0.4, -0.2) is 21.9 Å². The number of nitrogens with zero attached hydrogens (tertiary/aromatic N) is 2. The maximum atomic E-state index is 11.6. The van der Waals surface area contributed by atoms with E-state index in [2.05, 4.69) is 29.8 Å². The van der Waals surface area contributed by atoms with Crippen molar-refractivity contribution < 1.29 is 4.79 Å². The van der Waals surface area contributed by atoms with E-state index in [1.54, 1.807) is 0 Å². The van der Waals surface area contributed by atoms with Gasteiger partial charge in [0.2, 0.25) is 5.91 Å². The molecule has 2 aromatic rings. The van der Waals surface area contributed by atoms with Crippen LogP contribution in [0.25, 0.3) is 10.9 Å². The largest absolute Gasteiger partial charge is 0.346 e. The first-order chi connectivity index (χ1) is 8.25. The summed E-state index contributed by atoms with van der Waals surface area (Å²) in [5, 5.41) is 1.25. The Kier molecular flexibility index (Phi) is 2.39. The average molecular weight is 228 g/mol. The summed E-state index contributed by atoms with van der Waals surface area (Å²) in [6.07, 6.45) is 1.71. The van der Waals surface area contributed by atoms with Crippen molar-refractivity contribution in [2.75, 3.05) is 6.54 Å². The van der Waals surface area contributed by atoms with Gasteiger partial charge < -0.3 is 9.47 Å². The van der Waals surface area contributed by atoms with Gasteiger partial charge >= 0.3 is 0 Å². The highest BCUT2D eigenvalue weighted by atomic mass is 16.2. The number of carbonyl (C=O) groups is 1. The highest BCUT2D eigenvalue weighted by Crippen LogP contribution is 2.21. The highest BCUT2D eigenvalue weighted by molar-refractivity contribution is 5.82. The summed E-state index contributed by atoms with van der Waals surface area (Å²) >= 11 is 0. The second-order valence-electron chi connectivity index (χ2n) is 4.67. The standard InChI is InChI=1S/C14H16N2O/c1-15-12(10-16-8-4-7-14(16)17)9-11-5-2-3-6-13(11)15/h2-3,5-6,9H,4,7-8,10H2,1H3. The maximum Gasteiger partial charge on any atom is 0.222 e. The molecule has 1 aliphatic heterocycles. The van der Waals surface area contributed by atoms with E-state index in [0.29, 0.717) is 6.42 Å². The Hall–Kier alpha value is -1.77. The van der Waals surface area contributed by atoms with E-state index in [1.165, 1.54) is 16.6 Å². The topological polar surface area (TPSA) is 25.2 Å². The van der Waals surface area contributed by atoms with Crippen molar-refractivity contribution in [2.24, 2.45) is 7.05 Å².